The van der Waals surface area contributed by atoms with Gasteiger partial charge in [0.1, 0.15) is 0 Å². The second kappa shape index (κ2) is 16.5. The van der Waals surface area contributed by atoms with Crippen molar-refractivity contribution >= 4 is 56.8 Å². The van der Waals surface area contributed by atoms with E-state index in [0.29, 0.717) is 29.5 Å². The van der Waals surface area contributed by atoms with Crippen molar-refractivity contribution in [2.24, 2.45) is 0 Å². The highest BCUT2D eigenvalue weighted by molar-refractivity contribution is 9.10. The van der Waals surface area contributed by atoms with Crippen LogP contribution in [0.3, 0.4) is 0 Å². The predicted molar refractivity (Wildman–Crippen MR) is 126 cm³/mol. The summed E-state index contributed by atoms with van der Waals surface area (Å²) < 4.78 is 1.07. The summed E-state index contributed by atoms with van der Waals surface area (Å²) in [5, 5.41) is 4.37. The van der Waals surface area contributed by atoms with Crippen molar-refractivity contribution in [1.82, 2.24) is 5.32 Å². The van der Waals surface area contributed by atoms with Gasteiger partial charge in [0.25, 0.3) is 0 Å². The lowest BCUT2D eigenvalue weighted by molar-refractivity contribution is -0.120. The van der Waals surface area contributed by atoms with Gasteiger partial charge in [0, 0.05) is 44.6 Å². The minimum Gasteiger partial charge on any atom is -0.355 e. The molecule has 0 aliphatic heterocycles. The maximum Gasteiger partial charge on any atom is 0.224 e. The summed E-state index contributed by atoms with van der Waals surface area (Å²) in [5.74, 6) is 0.910. The number of nitrogens with one attached hydrogen (secondary N) is 1. The first-order valence-electron chi connectivity index (χ1n) is 9.40. The average Bonchev–Trinajstić information content (AvgIpc) is 2.85. The number of hydrogen-bond acceptors (Lipinski definition) is 2. The second-order valence-electron chi connectivity index (χ2n) is 5.21. The van der Waals surface area contributed by atoms with E-state index in [-0.39, 0.29) is 5.91 Å². The maximum atomic E-state index is 12.0. The van der Waals surface area contributed by atoms with Gasteiger partial charge in [-0.3, -0.25) is 4.79 Å². The van der Waals surface area contributed by atoms with Crippen LogP contribution in [0, 0.1) is 0 Å². The van der Waals surface area contributed by atoms with Gasteiger partial charge in [-0.25, -0.2) is 0 Å². The molecule has 2 rings (SSSR count). The second-order valence-corrected chi connectivity index (χ2v) is 8.20. The van der Waals surface area contributed by atoms with Crippen molar-refractivity contribution in [3.8, 4) is 0 Å². The molecular formula is C21H30BrCl2NOS. The number of carbonyl (C=O) groups is 1. The fourth-order valence-electron chi connectivity index (χ4n) is 2.17. The molecule has 0 aromatic heterocycles. The fraction of sp³-hybridized carbons (Fsp3) is 0.476. The highest BCUT2D eigenvalue weighted by atomic mass is 79.9. The van der Waals surface area contributed by atoms with Gasteiger partial charge in [-0.15, -0.1) is 11.8 Å². The van der Waals surface area contributed by atoms with Gasteiger partial charge in [0.15, 0.2) is 0 Å². The Morgan fingerprint density at radius 3 is 2.33 bits per heavy atom. The van der Waals surface area contributed by atoms with Crippen LogP contribution in [0.2, 0.25) is 0 Å². The van der Waals surface area contributed by atoms with E-state index in [0.717, 1.165) is 28.6 Å². The van der Waals surface area contributed by atoms with Gasteiger partial charge in [0.05, 0.1) is 0 Å². The Bertz CT molecular complexity index is 615. The predicted octanol–water partition coefficient (Wildman–Crippen LogP) is 7.90. The zero-order valence-electron chi connectivity index (χ0n) is 16.6. The molecule has 152 valence electrons. The van der Waals surface area contributed by atoms with E-state index in [1.165, 1.54) is 4.90 Å². The van der Waals surface area contributed by atoms with Crippen LogP contribution in [0.1, 0.15) is 53.4 Å². The zero-order valence-corrected chi connectivity index (χ0v) is 20.5. The SMILES string of the molecule is CC.CC.O=C(CC1=CCC(Cl)=C(Cl)CC1)NCCSc1ccc(Br)cc1. The molecule has 0 bridgehead atoms. The Balaban J connectivity index is 0.00000158. The van der Waals surface area contributed by atoms with E-state index in [2.05, 4.69) is 33.4 Å². The molecule has 0 atom stereocenters. The number of hydrogen-bond donors (Lipinski definition) is 1. The van der Waals surface area contributed by atoms with Crippen molar-refractivity contribution < 1.29 is 4.79 Å². The number of amides is 1. The Morgan fingerprint density at radius 2 is 1.70 bits per heavy atom. The molecule has 0 spiro atoms. The zero-order chi connectivity index (χ0) is 20.7. The van der Waals surface area contributed by atoms with Gasteiger partial charge >= 0.3 is 0 Å². The molecule has 1 amide bonds. The van der Waals surface area contributed by atoms with E-state index in [1.54, 1.807) is 11.8 Å². The quantitative estimate of drug-likeness (QED) is 0.247. The Morgan fingerprint density at radius 1 is 1.07 bits per heavy atom. The molecule has 0 fully saturated rings. The molecule has 1 N–H and O–H groups in total. The van der Waals surface area contributed by atoms with Crippen molar-refractivity contribution in [2.75, 3.05) is 12.3 Å². The van der Waals surface area contributed by atoms with E-state index in [4.69, 9.17) is 23.2 Å². The number of carbonyl (C=O) groups excluding carboxylic acids is 1. The largest absolute Gasteiger partial charge is 0.355 e. The number of rotatable bonds is 6. The van der Waals surface area contributed by atoms with Crippen LogP contribution in [-0.2, 0) is 4.79 Å². The maximum absolute atomic E-state index is 12.0. The topological polar surface area (TPSA) is 29.1 Å². The molecular weight excluding hydrogens is 465 g/mol. The van der Waals surface area contributed by atoms with Gasteiger partial charge in [-0.05, 0) is 37.1 Å². The van der Waals surface area contributed by atoms with Crippen LogP contribution in [0.4, 0.5) is 0 Å². The highest BCUT2D eigenvalue weighted by Crippen LogP contribution is 2.29. The van der Waals surface area contributed by atoms with E-state index in [1.807, 2.05) is 45.9 Å². The summed E-state index contributed by atoms with van der Waals surface area (Å²) in [5.41, 5.74) is 1.11. The molecule has 1 aromatic rings. The monoisotopic (exact) mass is 493 g/mol. The molecule has 1 aromatic carbocycles. The van der Waals surface area contributed by atoms with Crippen LogP contribution in [0.5, 0.6) is 0 Å². The first-order valence-corrected chi connectivity index (χ1v) is 11.9. The minimum atomic E-state index is 0.0572. The number of halogens is 3. The average molecular weight is 495 g/mol. The smallest absolute Gasteiger partial charge is 0.224 e. The molecule has 1 aliphatic carbocycles. The Labute approximate surface area is 187 Å². The summed E-state index contributed by atoms with van der Waals surface area (Å²) in [7, 11) is 0. The van der Waals surface area contributed by atoms with Crippen LogP contribution < -0.4 is 5.32 Å². The molecule has 6 heteroatoms. The van der Waals surface area contributed by atoms with Gasteiger partial charge in [-0.1, -0.05) is 78.5 Å². The van der Waals surface area contributed by atoms with E-state index >= 15 is 0 Å². The third kappa shape index (κ3) is 11.9. The van der Waals surface area contributed by atoms with Crippen molar-refractivity contribution in [2.45, 2.75) is 58.3 Å². The van der Waals surface area contributed by atoms with Crippen LogP contribution in [0.25, 0.3) is 0 Å². The lowest BCUT2D eigenvalue weighted by Gasteiger charge is -2.07. The fourth-order valence-corrected chi connectivity index (χ4v) is 3.55. The van der Waals surface area contributed by atoms with E-state index < -0.39 is 0 Å². The number of allylic oxidation sites excluding steroid dienone is 3. The Kier molecular flexibility index (Phi) is 16.3. The van der Waals surface area contributed by atoms with Gasteiger partial charge in [-0.2, -0.15) is 0 Å². The van der Waals surface area contributed by atoms with Gasteiger partial charge in [0.2, 0.25) is 5.91 Å². The summed E-state index contributed by atoms with van der Waals surface area (Å²) in [6.45, 7) is 8.66. The van der Waals surface area contributed by atoms with Crippen LogP contribution in [-0.4, -0.2) is 18.2 Å². The lowest BCUT2D eigenvalue weighted by atomic mass is 10.1. The molecule has 0 saturated heterocycles. The van der Waals surface area contributed by atoms with Crippen molar-refractivity contribution in [1.29, 1.82) is 0 Å². The summed E-state index contributed by atoms with van der Waals surface area (Å²) in [6.07, 6.45) is 4.60. The minimum absolute atomic E-state index is 0.0572. The van der Waals surface area contributed by atoms with Crippen molar-refractivity contribution in [3.63, 3.8) is 0 Å². The molecule has 27 heavy (non-hydrogen) atoms. The number of benzene rings is 1. The van der Waals surface area contributed by atoms with Crippen LogP contribution in [0.15, 0.2) is 55.3 Å². The molecule has 0 radical (unpaired) electrons. The highest BCUT2D eigenvalue weighted by Gasteiger charge is 2.12. The summed E-state index contributed by atoms with van der Waals surface area (Å²) in [6, 6.07) is 8.16. The molecule has 0 saturated carbocycles. The molecule has 2 nitrogen and oxygen atoms in total. The van der Waals surface area contributed by atoms with E-state index in [9.17, 15) is 4.79 Å². The molecule has 1 aliphatic rings. The van der Waals surface area contributed by atoms with Crippen LogP contribution >= 0.6 is 50.9 Å². The molecule has 0 unspecified atom stereocenters. The summed E-state index contributed by atoms with van der Waals surface area (Å²) >= 11 is 17.2. The number of thioether (sulfide) groups is 1. The molecule has 0 heterocycles. The summed E-state index contributed by atoms with van der Waals surface area (Å²) in [4.78, 5) is 13.2. The Hall–Kier alpha value is -0.420. The first-order chi connectivity index (χ1) is 13.0. The lowest BCUT2D eigenvalue weighted by Crippen LogP contribution is -2.25. The third-order valence-electron chi connectivity index (χ3n) is 3.42. The standard InChI is InChI=1S/C17H18BrCl2NOS.2C2H6/c18-13-3-5-14(6-4-13)23-10-9-21-17(22)11-12-1-7-15(19)16(20)8-2-12;2*1-2/h1,3-6H,2,7-11H2,(H,21,22);2*1-2H3. The van der Waals surface area contributed by atoms with Gasteiger partial charge < -0.3 is 5.32 Å². The first kappa shape index (κ1) is 26.6. The van der Waals surface area contributed by atoms with Crippen molar-refractivity contribution in [3.05, 3.63) is 50.5 Å². The third-order valence-corrected chi connectivity index (χ3v) is 5.86. The normalized spacial score (nSPS) is 13.4.